The van der Waals surface area contributed by atoms with Gasteiger partial charge in [0, 0.05) is 12.3 Å². The van der Waals surface area contributed by atoms with E-state index >= 15 is 0 Å². The number of hydrogen-bond acceptors (Lipinski definition) is 2. The van der Waals surface area contributed by atoms with Crippen molar-refractivity contribution in [2.45, 2.75) is 76.8 Å². The lowest BCUT2D eigenvalue weighted by Gasteiger charge is -2.37. The van der Waals surface area contributed by atoms with Crippen LogP contribution in [-0.4, -0.2) is 11.6 Å². The zero-order valence-corrected chi connectivity index (χ0v) is 11.1. The van der Waals surface area contributed by atoms with Crippen molar-refractivity contribution in [1.82, 2.24) is 0 Å². The Hall–Kier alpha value is -0.0800. The Balaban J connectivity index is 1.51. The molecule has 2 saturated heterocycles. The van der Waals surface area contributed by atoms with Gasteiger partial charge in [0.15, 0.2) is 0 Å². The minimum absolute atomic E-state index is 0.0815. The van der Waals surface area contributed by atoms with Crippen molar-refractivity contribution in [3.8, 4) is 0 Å². The summed E-state index contributed by atoms with van der Waals surface area (Å²) in [5.41, 5.74) is 0.411. The maximum atomic E-state index is 5.91. The van der Waals surface area contributed by atoms with E-state index in [4.69, 9.17) is 9.47 Å². The molecule has 2 heteroatoms. The second-order valence-corrected chi connectivity index (χ2v) is 7.41. The average Bonchev–Trinajstić information content (AvgIpc) is 3.10. The fraction of sp³-hybridized carbons (Fsp3) is 1.00. The highest BCUT2D eigenvalue weighted by molar-refractivity contribution is 5.25. The van der Waals surface area contributed by atoms with Crippen LogP contribution in [0.1, 0.15) is 65.2 Å². The van der Waals surface area contributed by atoms with Gasteiger partial charge in [-0.15, -0.1) is 0 Å². The van der Waals surface area contributed by atoms with E-state index in [1.165, 1.54) is 44.9 Å². The van der Waals surface area contributed by atoms with Crippen LogP contribution in [0.15, 0.2) is 0 Å². The molecule has 2 nitrogen and oxygen atoms in total. The van der Waals surface area contributed by atoms with Gasteiger partial charge in [-0.05, 0) is 24.2 Å². The van der Waals surface area contributed by atoms with Gasteiger partial charge in [-0.2, -0.15) is 0 Å². The molecule has 1 unspecified atom stereocenters. The summed E-state index contributed by atoms with van der Waals surface area (Å²) >= 11 is 0. The molecule has 2 saturated carbocycles. The summed E-state index contributed by atoms with van der Waals surface area (Å²) in [6.45, 7) is 4.84. The minimum Gasteiger partial charge on any atom is -0.307 e. The average molecular weight is 236 g/mol. The lowest BCUT2D eigenvalue weighted by Crippen LogP contribution is -2.36. The van der Waals surface area contributed by atoms with E-state index in [2.05, 4.69) is 13.8 Å². The second kappa shape index (κ2) is 3.08. The lowest BCUT2D eigenvalue weighted by molar-refractivity contribution is -0.121. The largest absolute Gasteiger partial charge is 0.307 e. The summed E-state index contributed by atoms with van der Waals surface area (Å²) in [6, 6.07) is 0. The van der Waals surface area contributed by atoms with Crippen molar-refractivity contribution in [1.29, 1.82) is 0 Å². The molecule has 0 N–H and O–H groups in total. The van der Waals surface area contributed by atoms with E-state index in [9.17, 15) is 0 Å². The third-order valence-corrected chi connectivity index (χ3v) is 5.87. The maximum Gasteiger partial charge on any atom is 0.232 e. The van der Waals surface area contributed by atoms with Crippen molar-refractivity contribution in [2.75, 3.05) is 0 Å². The first-order chi connectivity index (χ1) is 8.08. The third kappa shape index (κ3) is 1.34. The molecule has 0 aromatic carbocycles. The van der Waals surface area contributed by atoms with E-state index in [1.807, 2.05) is 0 Å². The summed E-state index contributed by atoms with van der Waals surface area (Å²) < 4.78 is 11.8. The normalized spacial score (nSPS) is 51.5. The van der Waals surface area contributed by atoms with Gasteiger partial charge < -0.3 is 9.47 Å². The predicted octanol–water partition coefficient (Wildman–Crippen LogP) is 3.85. The standard InChI is InChI=1S/C15H24O2/c1-13(2)8-9-14-15(16-14,17-14)12(13)10-11-6-4-3-5-7-11/h11-12H,3-10H2,1-2H3. The Morgan fingerprint density at radius 2 is 1.71 bits per heavy atom. The first kappa shape index (κ1) is 10.8. The van der Waals surface area contributed by atoms with E-state index in [0.717, 1.165) is 12.3 Å². The third-order valence-electron chi connectivity index (χ3n) is 5.87. The minimum atomic E-state index is -0.105. The van der Waals surface area contributed by atoms with Crippen molar-refractivity contribution >= 4 is 0 Å². The van der Waals surface area contributed by atoms with Crippen molar-refractivity contribution in [2.24, 2.45) is 17.3 Å². The van der Waals surface area contributed by atoms with Gasteiger partial charge in [-0.3, -0.25) is 0 Å². The second-order valence-electron chi connectivity index (χ2n) is 7.41. The molecule has 2 heterocycles. The summed E-state index contributed by atoms with van der Waals surface area (Å²) in [5.74, 6) is 1.40. The molecule has 2 aliphatic carbocycles. The van der Waals surface area contributed by atoms with E-state index in [0.29, 0.717) is 11.3 Å². The first-order valence-corrected chi connectivity index (χ1v) is 7.48. The molecule has 2 aliphatic heterocycles. The van der Waals surface area contributed by atoms with E-state index in [-0.39, 0.29) is 11.6 Å². The van der Waals surface area contributed by atoms with E-state index in [1.54, 1.807) is 0 Å². The zero-order valence-electron chi connectivity index (χ0n) is 11.1. The van der Waals surface area contributed by atoms with Crippen molar-refractivity contribution in [3.05, 3.63) is 0 Å². The molecular formula is C15H24O2. The Morgan fingerprint density at radius 3 is 2.41 bits per heavy atom. The quantitative estimate of drug-likeness (QED) is 0.680. The van der Waals surface area contributed by atoms with Gasteiger partial charge in [0.25, 0.3) is 0 Å². The molecule has 0 spiro atoms. The van der Waals surface area contributed by atoms with Crippen LogP contribution < -0.4 is 0 Å². The van der Waals surface area contributed by atoms with E-state index < -0.39 is 0 Å². The van der Waals surface area contributed by atoms with Crippen LogP contribution in [0.2, 0.25) is 0 Å². The molecule has 4 fully saturated rings. The smallest absolute Gasteiger partial charge is 0.232 e. The molecule has 17 heavy (non-hydrogen) atoms. The Morgan fingerprint density at radius 1 is 1.00 bits per heavy atom. The van der Waals surface area contributed by atoms with Gasteiger partial charge >= 0.3 is 0 Å². The molecule has 0 bridgehead atoms. The van der Waals surface area contributed by atoms with Gasteiger partial charge in [0.05, 0.1) is 0 Å². The van der Waals surface area contributed by atoms with Gasteiger partial charge in [0.1, 0.15) is 0 Å². The van der Waals surface area contributed by atoms with Crippen LogP contribution >= 0.6 is 0 Å². The van der Waals surface area contributed by atoms with Gasteiger partial charge in [-0.25, -0.2) is 0 Å². The highest BCUT2D eigenvalue weighted by Gasteiger charge is 2.95. The molecular weight excluding hydrogens is 212 g/mol. The highest BCUT2D eigenvalue weighted by atomic mass is 17.0. The highest BCUT2D eigenvalue weighted by Crippen LogP contribution is 2.79. The van der Waals surface area contributed by atoms with Gasteiger partial charge in [-0.1, -0.05) is 46.0 Å². The molecule has 4 rings (SSSR count). The van der Waals surface area contributed by atoms with Crippen LogP contribution in [0, 0.1) is 17.3 Å². The van der Waals surface area contributed by atoms with Crippen molar-refractivity contribution < 1.29 is 9.47 Å². The van der Waals surface area contributed by atoms with Gasteiger partial charge in [0.2, 0.25) is 11.6 Å². The maximum absolute atomic E-state index is 5.91. The molecule has 96 valence electrons. The zero-order chi connectivity index (χ0) is 11.7. The first-order valence-electron chi connectivity index (χ1n) is 7.48. The fourth-order valence-electron chi connectivity index (χ4n) is 4.54. The number of ether oxygens (including phenoxy) is 2. The SMILES string of the molecule is CC1(C)CCC23OC2(O3)C1CC1CCCCC1. The predicted molar refractivity (Wildman–Crippen MR) is 65.3 cm³/mol. The summed E-state index contributed by atoms with van der Waals surface area (Å²) in [6.07, 6.45) is 11.0. The monoisotopic (exact) mass is 236 g/mol. The lowest BCUT2D eigenvalue weighted by atomic mass is 9.64. The van der Waals surface area contributed by atoms with Crippen LogP contribution in [0.25, 0.3) is 0 Å². The molecule has 0 aromatic rings. The summed E-state index contributed by atoms with van der Waals surface area (Å²) in [5, 5.41) is 0. The molecule has 0 aromatic heterocycles. The van der Waals surface area contributed by atoms with Crippen molar-refractivity contribution in [3.63, 3.8) is 0 Å². The molecule has 0 radical (unpaired) electrons. The van der Waals surface area contributed by atoms with Crippen LogP contribution in [-0.2, 0) is 9.47 Å². The van der Waals surface area contributed by atoms with Crippen LogP contribution in [0.4, 0.5) is 0 Å². The summed E-state index contributed by atoms with van der Waals surface area (Å²) in [4.78, 5) is 0. The van der Waals surface area contributed by atoms with Crippen LogP contribution in [0.3, 0.4) is 0 Å². The molecule has 1 atom stereocenters. The molecule has 4 aliphatic rings. The molecule has 0 amide bonds. The number of epoxide rings is 2. The Kier molecular flexibility index (Phi) is 1.96. The fourth-order valence-corrected chi connectivity index (χ4v) is 4.54. The number of rotatable bonds is 2. The summed E-state index contributed by atoms with van der Waals surface area (Å²) in [7, 11) is 0. The Labute approximate surface area is 104 Å². The Bertz CT molecular complexity index is 333. The van der Waals surface area contributed by atoms with Crippen LogP contribution in [0.5, 0.6) is 0 Å². The number of hydrogen-bond donors (Lipinski definition) is 0. The topological polar surface area (TPSA) is 25.1 Å².